The van der Waals surface area contributed by atoms with Crippen molar-refractivity contribution in [3.63, 3.8) is 0 Å². The van der Waals surface area contributed by atoms with Gasteiger partial charge in [0.15, 0.2) is 0 Å². The zero-order chi connectivity index (χ0) is 21.6. The van der Waals surface area contributed by atoms with E-state index in [1.807, 2.05) is 12.2 Å². The molecule has 0 radical (unpaired) electrons. The van der Waals surface area contributed by atoms with Crippen LogP contribution in [-0.2, 0) is 26.6 Å². The standard InChI is InChI=1S/2C7H14O2Si.C6H12O2Si/c2*1-10(2)8-6-4-3-5-7-9-10;1-9(2)7-5-3-4-6-8-9/h2*3-4H,5-7H2,1-2H3;3-4H,5-6H2,1-2H3/b2*4-3-;. The third kappa shape index (κ3) is 15.1. The molecule has 29 heavy (non-hydrogen) atoms. The van der Waals surface area contributed by atoms with E-state index in [0.29, 0.717) is 0 Å². The maximum atomic E-state index is 5.54. The van der Waals surface area contributed by atoms with Gasteiger partial charge in [-0.15, -0.1) is 0 Å². The van der Waals surface area contributed by atoms with Crippen LogP contribution in [0.15, 0.2) is 36.5 Å². The Bertz CT molecular complexity index is 488. The van der Waals surface area contributed by atoms with E-state index in [4.69, 9.17) is 26.6 Å². The molecule has 0 N–H and O–H groups in total. The molecule has 3 aliphatic rings. The molecule has 6 nitrogen and oxygen atoms in total. The minimum absolute atomic E-state index is 0.721. The van der Waals surface area contributed by atoms with Gasteiger partial charge in [0.1, 0.15) is 0 Å². The highest BCUT2D eigenvalue weighted by Gasteiger charge is 2.25. The quantitative estimate of drug-likeness (QED) is 0.387. The third-order valence-corrected chi connectivity index (χ3v) is 9.32. The summed E-state index contributed by atoms with van der Waals surface area (Å²) in [6.07, 6.45) is 14.4. The van der Waals surface area contributed by atoms with E-state index in [0.717, 1.165) is 52.5 Å². The van der Waals surface area contributed by atoms with Crippen LogP contribution in [-0.4, -0.2) is 65.3 Å². The van der Waals surface area contributed by atoms with Gasteiger partial charge in [0.2, 0.25) is 0 Å². The van der Waals surface area contributed by atoms with Crippen molar-refractivity contribution in [1.29, 1.82) is 0 Å². The Morgan fingerprint density at radius 3 is 1.03 bits per heavy atom. The molecule has 0 spiro atoms. The zero-order valence-electron chi connectivity index (χ0n) is 19.1. The highest BCUT2D eigenvalue weighted by molar-refractivity contribution is 6.65. The summed E-state index contributed by atoms with van der Waals surface area (Å²) in [5, 5.41) is 0. The van der Waals surface area contributed by atoms with Crippen LogP contribution in [0.25, 0.3) is 0 Å². The van der Waals surface area contributed by atoms with E-state index in [2.05, 4.69) is 63.6 Å². The van der Waals surface area contributed by atoms with Crippen LogP contribution in [0.4, 0.5) is 0 Å². The Morgan fingerprint density at radius 2 is 0.690 bits per heavy atom. The Balaban J connectivity index is 0.000000218. The minimum atomic E-state index is -1.72. The van der Waals surface area contributed by atoms with Crippen molar-refractivity contribution in [2.75, 3.05) is 39.6 Å². The first-order valence-electron chi connectivity index (χ1n) is 10.4. The van der Waals surface area contributed by atoms with Gasteiger partial charge in [-0.1, -0.05) is 36.5 Å². The zero-order valence-corrected chi connectivity index (χ0v) is 22.1. The second kappa shape index (κ2) is 13.8. The van der Waals surface area contributed by atoms with E-state index in [1.165, 1.54) is 0 Å². The Hall–Kier alpha value is -0.369. The molecule has 3 aliphatic heterocycles. The second-order valence-corrected chi connectivity index (χ2v) is 18.3. The first kappa shape index (κ1) is 26.7. The van der Waals surface area contributed by atoms with Crippen LogP contribution in [0.2, 0.25) is 39.3 Å². The Labute approximate surface area is 180 Å². The van der Waals surface area contributed by atoms with E-state index in [-0.39, 0.29) is 0 Å². The predicted molar refractivity (Wildman–Crippen MR) is 125 cm³/mol. The van der Waals surface area contributed by atoms with Gasteiger partial charge < -0.3 is 26.6 Å². The van der Waals surface area contributed by atoms with Gasteiger partial charge in [0, 0.05) is 13.2 Å². The first-order chi connectivity index (χ1) is 13.6. The van der Waals surface area contributed by atoms with Gasteiger partial charge in [0.25, 0.3) is 0 Å². The number of hydrogen-bond donors (Lipinski definition) is 0. The number of rotatable bonds is 0. The molecule has 3 heterocycles. The SMILES string of the molecule is C[Si]1(C)OC/C=C\CCO1.C[Si]1(C)OC/C=C\CCO1.C[Si]1(C)OCC=CCO1. The molecular weight excluding hydrogens is 420 g/mol. The topological polar surface area (TPSA) is 55.4 Å². The molecule has 0 amide bonds. The summed E-state index contributed by atoms with van der Waals surface area (Å²) in [5.74, 6) is 0. The molecule has 0 atom stereocenters. The molecule has 9 heteroatoms. The van der Waals surface area contributed by atoms with Crippen molar-refractivity contribution in [3.05, 3.63) is 36.5 Å². The fourth-order valence-corrected chi connectivity index (χ4v) is 5.83. The van der Waals surface area contributed by atoms with Crippen LogP contribution in [0.1, 0.15) is 12.8 Å². The highest BCUT2D eigenvalue weighted by Crippen LogP contribution is 2.10. The summed E-state index contributed by atoms with van der Waals surface area (Å²) in [4.78, 5) is 0. The Kier molecular flexibility index (Phi) is 12.7. The van der Waals surface area contributed by atoms with E-state index >= 15 is 0 Å². The summed E-state index contributed by atoms with van der Waals surface area (Å²) in [7, 11) is -5.15. The lowest BCUT2D eigenvalue weighted by molar-refractivity contribution is 0.192. The average molecular weight is 461 g/mol. The summed E-state index contributed by atoms with van der Waals surface area (Å²) in [6, 6.07) is 0. The van der Waals surface area contributed by atoms with Crippen molar-refractivity contribution in [2.24, 2.45) is 0 Å². The lowest BCUT2D eigenvalue weighted by Crippen LogP contribution is -2.35. The molecule has 168 valence electrons. The van der Waals surface area contributed by atoms with Crippen LogP contribution < -0.4 is 0 Å². The molecule has 3 rings (SSSR count). The van der Waals surface area contributed by atoms with Crippen molar-refractivity contribution in [3.8, 4) is 0 Å². The summed E-state index contributed by atoms with van der Waals surface area (Å²) < 4.78 is 32.9. The van der Waals surface area contributed by atoms with Crippen LogP contribution >= 0.6 is 0 Å². The fraction of sp³-hybridized carbons (Fsp3) is 0.700. The smallest absolute Gasteiger partial charge is 0.332 e. The molecule has 0 aromatic heterocycles. The Morgan fingerprint density at radius 1 is 0.414 bits per heavy atom. The number of hydrogen-bond acceptors (Lipinski definition) is 6. The average Bonchev–Trinajstić information content (AvgIpc) is 2.80. The molecule has 0 aromatic carbocycles. The maximum absolute atomic E-state index is 5.54. The van der Waals surface area contributed by atoms with Crippen molar-refractivity contribution >= 4 is 25.7 Å². The van der Waals surface area contributed by atoms with E-state index in [9.17, 15) is 0 Å². The van der Waals surface area contributed by atoms with Crippen molar-refractivity contribution in [1.82, 2.24) is 0 Å². The van der Waals surface area contributed by atoms with Gasteiger partial charge in [-0.25, -0.2) is 0 Å². The van der Waals surface area contributed by atoms with E-state index < -0.39 is 25.7 Å². The van der Waals surface area contributed by atoms with Crippen LogP contribution in [0.3, 0.4) is 0 Å². The predicted octanol–water partition coefficient (Wildman–Crippen LogP) is 4.65. The van der Waals surface area contributed by atoms with Crippen molar-refractivity contribution < 1.29 is 26.6 Å². The third-order valence-electron chi connectivity index (χ3n) is 4.08. The van der Waals surface area contributed by atoms with Gasteiger partial charge in [0.05, 0.1) is 26.4 Å². The molecule has 0 bridgehead atoms. The summed E-state index contributed by atoms with van der Waals surface area (Å²) in [6.45, 7) is 16.9. The normalized spacial score (nSPS) is 27.7. The lowest BCUT2D eigenvalue weighted by Gasteiger charge is -2.23. The van der Waals surface area contributed by atoms with Gasteiger partial charge in [-0.05, 0) is 52.1 Å². The first-order valence-corrected chi connectivity index (χ1v) is 18.9. The van der Waals surface area contributed by atoms with Crippen LogP contribution in [0.5, 0.6) is 0 Å². The van der Waals surface area contributed by atoms with Gasteiger partial charge >= 0.3 is 25.7 Å². The minimum Gasteiger partial charge on any atom is -0.394 e. The fourth-order valence-electron chi connectivity index (χ4n) is 2.37. The largest absolute Gasteiger partial charge is 0.394 e. The summed E-state index contributed by atoms with van der Waals surface area (Å²) in [5.41, 5.74) is 0. The molecule has 0 saturated carbocycles. The monoisotopic (exact) mass is 460 g/mol. The van der Waals surface area contributed by atoms with Gasteiger partial charge in [-0.3, -0.25) is 0 Å². The molecule has 0 aliphatic carbocycles. The molecule has 0 saturated heterocycles. The molecule has 0 aromatic rings. The summed E-state index contributed by atoms with van der Waals surface area (Å²) >= 11 is 0. The lowest BCUT2D eigenvalue weighted by atomic mass is 10.4. The van der Waals surface area contributed by atoms with Crippen molar-refractivity contribution in [2.45, 2.75) is 52.1 Å². The molecule has 0 fully saturated rings. The molecular formula is C20H40O6Si3. The van der Waals surface area contributed by atoms with Crippen LogP contribution in [0, 0.1) is 0 Å². The highest BCUT2D eigenvalue weighted by atomic mass is 28.4. The molecule has 0 unspecified atom stereocenters. The maximum Gasteiger partial charge on any atom is 0.332 e. The van der Waals surface area contributed by atoms with Gasteiger partial charge in [-0.2, -0.15) is 0 Å². The van der Waals surface area contributed by atoms with E-state index in [1.54, 1.807) is 0 Å². The second-order valence-electron chi connectivity index (χ2n) is 8.13.